The summed E-state index contributed by atoms with van der Waals surface area (Å²) in [4.78, 5) is 0. The Morgan fingerprint density at radius 1 is 1.62 bits per heavy atom. The maximum absolute atomic E-state index is 8.51. The average molecular weight is 118 g/mol. The highest BCUT2D eigenvalue weighted by atomic mass is 16.5. The first kappa shape index (κ1) is 7.92. The molecular formula is C6H14O2. The number of hydrogen-bond acceptors (Lipinski definition) is 2. The van der Waals surface area contributed by atoms with E-state index in [9.17, 15) is 0 Å². The molecule has 0 aromatic rings. The van der Waals surface area contributed by atoms with E-state index in [1.54, 1.807) is 7.11 Å². The van der Waals surface area contributed by atoms with Crippen molar-refractivity contribution < 1.29 is 9.84 Å². The van der Waals surface area contributed by atoms with Gasteiger partial charge in [-0.15, -0.1) is 0 Å². The van der Waals surface area contributed by atoms with E-state index in [1.807, 2.05) is 6.92 Å². The second-order valence-electron chi connectivity index (χ2n) is 2.07. The lowest BCUT2D eigenvalue weighted by molar-refractivity contribution is 0.154. The van der Waals surface area contributed by atoms with E-state index in [1.165, 1.54) is 0 Å². The lowest BCUT2D eigenvalue weighted by Crippen LogP contribution is -2.03. The molecule has 0 aliphatic heterocycles. The van der Waals surface area contributed by atoms with Gasteiger partial charge in [0, 0.05) is 20.3 Å². The van der Waals surface area contributed by atoms with Crippen LogP contribution in [0.3, 0.4) is 0 Å². The van der Waals surface area contributed by atoms with E-state index in [0.717, 1.165) is 13.0 Å². The van der Waals surface area contributed by atoms with Gasteiger partial charge in [-0.25, -0.2) is 0 Å². The molecule has 0 saturated carbocycles. The van der Waals surface area contributed by atoms with E-state index in [-0.39, 0.29) is 6.61 Å². The van der Waals surface area contributed by atoms with E-state index in [0.29, 0.717) is 5.92 Å². The van der Waals surface area contributed by atoms with E-state index >= 15 is 0 Å². The quantitative estimate of drug-likeness (QED) is 0.587. The number of methoxy groups -OCH3 is 1. The predicted octanol–water partition coefficient (Wildman–Crippen LogP) is 0.651. The molecule has 0 aromatic heterocycles. The first-order valence-electron chi connectivity index (χ1n) is 2.91. The van der Waals surface area contributed by atoms with Gasteiger partial charge in [0.15, 0.2) is 0 Å². The Morgan fingerprint density at radius 2 is 2.25 bits per heavy atom. The standard InChI is InChI=1S/C6H14O2/c1-6(5-7)3-4-8-2/h6-7H,3-5H2,1-2H3/t6-/m1/s1. The van der Waals surface area contributed by atoms with Crippen molar-refractivity contribution in [3.8, 4) is 0 Å². The second-order valence-corrected chi connectivity index (χ2v) is 2.07. The van der Waals surface area contributed by atoms with Crippen LogP contribution in [0.4, 0.5) is 0 Å². The zero-order valence-corrected chi connectivity index (χ0v) is 5.55. The molecule has 0 spiro atoms. The normalized spacial score (nSPS) is 13.9. The van der Waals surface area contributed by atoms with Crippen LogP contribution < -0.4 is 0 Å². The number of rotatable bonds is 4. The van der Waals surface area contributed by atoms with Gasteiger partial charge in [0.25, 0.3) is 0 Å². The van der Waals surface area contributed by atoms with Gasteiger partial charge in [-0.1, -0.05) is 6.92 Å². The summed E-state index contributed by atoms with van der Waals surface area (Å²) in [5, 5.41) is 8.51. The van der Waals surface area contributed by atoms with Gasteiger partial charge < -0.3 is 9.84 Å². The van der Waals surface area contributed by atoms with E-state index in [4.69, 9.17) is 9.84 Å². The highest BCUT2D eigenvalue weighted by Crippen LogP contribution is 1.98. The van der Waals surface area contributed by atoms with Crippen LogP contribution in [-0.2, 0) is 4.74 Å². The first-order valence-corrected chi connectivity index (χ1v) is 2.91. The van der Waals surface area contributed by atoms with Gasteiger partial charge in [0.05, 0.1) is 0 Å². The maximum Gasteiger partial charge on any atom is 0.0465 e. The number of aliphatic hydroxyl groups is 1. The van der Waals surface area contributed by atoms with Crippen molar-refractivity contribution in [2.24, 2.45) is 5.92 Å². The molecule has 0 heterocycles. The molecule has 0 aromatic carbocycles. The molecule has 2 nitrogen and oxygen atoms in total. The van der Waals surface area contributed by atoms with Crippen molar-refractivity contribution in [3.63, 3.8) is 0 Å². The van der Waals surface area contributed by atoms with Crippen LogP contribution in [0.1, 0.15) is 13.3 Å². The smallest absolute Gasteiger partial charge is 0.0465 e. The lowest BCUT2D eigenvalue weighted by Gasteiger charge is -2.04. The minimum absolute atomic E-state index is 0.267. The second kappa shape index (κ2) is 5.06. The minimum Gasteiger partial charge on any atom is -0.396 e. The van der Waals surface area contributed by atoms with E-state index < -0.39 is 0 Å². The minimum atomic E-state index is 0.267. The summed E-state index contributed by atoms with van der Waals surface area (Å²) in [7, 11) is 1.67. The summed E-state index contributed by atoms with van der Waals surface area (Å²) in [6, 6.07) is 0. The molecule has 0 saturated heterocycles. The molecule has 0 amide bonds. The van der Waals surface area contributed by atoms with Crippen molar-refractivity contribution >= 4 is 0 Å². The third-order valence-corrected chi connectivity index (χ3v) is 1.13. The Labute approximate surface area is 50.5 Å². The van der Waals surface area contributed by atoms with Crippen molar-refractivity contribution in [2.45, 2.75) is 13.3 Å². The first-order chi connectivity index (χ1) is 3.81. The Hall–Kier alpha value is -0.0800. The van der Waals surface area contributed by atoms with Gasteiger partial charge in [-0.3, -0.25) is 0 Å². The van der Waals surface area contributed by atoms with E-state index in [2.05, 4.69) is 0 Å². The summed E-state index contributed by atoms with van der Waals surface area (Å²) in [5.74, 6) is 0.384. The van der Waals surface area contributed by atoms with Crippen molar-refractivity contribution in [1.29, 1.82) is 0 Å². The summed E-state index contributed by atoms with van der Waals surface area (Å²) < 4.78 is 4.80. The monoisotopic (exact) mass is 118 g/mol. The van der Waals surface area contributed by atoms with Crippen molar-refractivity contribution in [1.82, 2.24) is 0 Å². The van der Waals surface area contributed by atoms with Gasteiger partial charge >= 0.3 is 0 Å². The fourth-order valence-electron chi connectivity index (χ4n) is 0.410. The van der Waals surface area contributed by atoms with Crippen LogP contribution in [0.5, 0.6) is 0 Å². The van der Waals surface area contributed by atoms with Crippen LogP contribution >= 0.6 is 0 Å². The molecule has 0 bridgehead atoms. The predicted molar refractivity (Wildman–Crippen MR) is 32.7 cm³/mol. The molecule has 0 fully saturated rings. The Kier molecular flexibility index (Phi) is 5.01. The third kappa shape index (κ3) is 4.09. The largest absolute Gasteiger partial charge is 0.396 e. The molecule has 8 heavy (non-hydrogen) atoms. The summed E-state index contributed by atoms with van der Waals surface area (Å²) in [6.45, 7) is 3.02. The Morgan fingerprint density at radius 3 is 2.62 bits per heavy atom. The zero-order chi connectivity index (χ0) is 6.41. The van der Waals surface area contributed by atoms with Gasteiger partial charge in [-0.05, 0) is 12.3 Å². The zero-order valence-electron chi connectivity index (χ0n) is 5.55. The Balaban J connectivity index is 2.86. The third-order valence-electron chi connectivity index (χ3n) is 1.13. The molecule has 0 rings (SSSR count). The van der Waals surface area contributed by atoms with Crippen molar-refractivity contribution in [2.75, 3.05) is 20.3 Å². The lowest BCUT2D eigenvalue weighted by atomic mass is 10.1. The highest BCUT2D eigenvalue weighted by Gasteiger charge is 1.96. The van der Waals surface area contributed by atoms with Crippen molar-refractivity contribution in [3.05, 3.63) is 0 Å². The summed E-state index contributed by atoms with van der Waals surface area (Å²) >= 11 is 0. The van der Waals surface area contributed by atoms with Crippen LogP contribution in [-0.4, -0.2) is 25.4 Å². The van der Waals surface area contributed by atoms with Gasteiger partial charge in [-0.2, -0.15) is 0 Å². The fraction of sp³-hybridized carbons (Fsp3) is 1.00. The molecule has 0 unspecified atom stereocenters. The molecule has 0 radical (unpaired) electrons. The Bertz CT molecular complexity index is 45.8. The average Bonchev–Trinajstić information content (AvgIpc) is 1.83. The number of ether oxygens (including phenoxy) is 1. The number of hydrogen-bond donors (Lipinski definition) is 1. The molecule has 1 atom stereocenters. The molecule has 0 aliphatic rings. The van der Waals surface area contributed by atoms with Crippen LogP contribution in [0, 0.1) is 5.92 Å². The topological polar surface area (TPSA) is 29.5 Å². The molecule has 2 heteroatoms. The summed E-state index contributed by atoms with van der Waals surface area (Å²) in [5.41, 5.74) is 0. The number of aliphatic hydroxyl groups excluding tert-OH is 1. The van der Waals surface area contributed by atoms with Crippen LogP contribution in [0.25, 0.3) is 0 Å². The molecular weight excluding hydrogens is 104 g/mol. The molecule has 0 aliphatic carbocycles. The highest BCUT2D eigenvalue weighted by molar-refractivity contribution is 4.46. The van der Waals surface area contributed by atoms with Gasteiger partial charge in [0.2, 0.25) is 0 Å². The maximum atomic E-state index is 8.51. The van der Waals surface area contributed by atoms with Gasteiger partial charge in [0.1, 0.15) is 0 Å². The summed E-state index contributed by atoms with van der Waals surface area (Å²) in [6.07, 6.45) is 0.951. The van der Waals surface area contributed by atoms with Crippen LogP contribution in [0.15, 0.2) is 0 Å². The molecule has 1 N–H and O–H groups in total. The molecule has 50 valence electrons. The SMILES string of the molecule is COCC[C@@H](C)CO. The fourth-order valence-corrected chi connectivity index (χ4v) is 0.410. The van der Waals surface area contributed by atoms with Crippen LogP contribution in [0.2, 0.25) is 0 Å².